The smallest absolute Gasteiger partial charge is 0.267 e. The van der Waals surface area contributed by atoms with Crippen molar-refractivity contribution in [3.05, 3.63) is 101 Å². The van der Waals surface area contributed by atoms with Crippen molar-refractivity contribution in [3.63, 3.8) is 0 Å². The van der Waals surface area contributed by atoms with Crippen LogP contribution in [-0.2, 0) is 0 Å². The number of nitrogens with one attached hydrogen (secondary N) is 2. The maximum atomic E-state index is 12.2. The van der Waals surface area contributed by atoms with Crippen LogP contribution in [0.4, 0.5) is 0 Å². The van der Waals surface area contributed by atoms with Gasteiger partial charge in [-0.2, -0.15) is 10.2 Å². The highest BCUT2D eigenvalue weighted by Crippen LogP contribution is 2.09. The minimum Gasteiger partial charge on any atom is -0.267 e. The molecule has 2 N–H and O–H groups in total. The van der Waals surface area contributed by atoms with Gasteiger partial charge < -0.3 is 0 Å². The lowest BCUT2D eigenvalue weighted by molar-refractivity contribution is 0.0947. The lowest BCUT2D eigenvalue weighted by Gasteiger charge is -2.09. The molecule has 0 unspecified atom stereocenters. The van der Waals surface area contributed by atoms with Gasteiger partial charge in [0, 0.05) is 22.9 Å². The van der Waals surface area contributed by atoms with Gasteiger partial charge in [0.05, 0.1) is 17.1 Å². The van der Waals surface area contributed by atoms with Crippen molar-refractivity contribution >= 4 is 23.2 Å². The van der Waals surface area contributed by atoms with E-state index in [2.05, 4.69) is 26.0 Å². The standard InChI is InChI=1S/C23H21N5O2/c1-16(25-27-22(29)18-10-5-3-6-11-18)20-14-9-15-24-21(20)17(2)26-28-23(30)19-12-7-4-8-13-19/h3-15H,1-2H3,(H,27,29)(H,28,30). The molecule has 0 fully saturated rings. The topological polar surface area (TPSA) is 95.8 Å². The van der Waals surface area contributed by atoms with E-state index in [1.165, 1.54) is 0 Å². The molecule has 3 rings (SSSR count). The van der Waals surface area contributed by atoms with Gasteiger partial charge in [-0.3, -0.25) is 14.6 Å². The molecule has 1 heterocycles. The van der Waals surface area contributed by atoms with Crippen LogP contribution in [0.2, 0.25) is 0 Å². The Kier molecular flexibility index (Phi) is 6.78. The Bertz CT molecular complexity index is 1000. The quantitative estimate of drug-likeness (QED) is 0.491. The summed E-state index contributed by atoms with van der Waals surface area (Å²) in [5.41, 5.74) is 8.43. The van der Waals surface area contributed by atoms with E-state index in [4.69, 9.17) is 0 Å². The summed E-state index contributed by atoms with van der Waals surface area (Å²) in [7, 11) is 0. The Morgan fingerprint density at radius 1 is 0.700 bits per heavy atom. The Morgan fingerprint density at radius 2 is 1.20 bits per heavy atom. The number of carbonyl (C=O) groups excluding carboxylic acids is 2. The van der Waals surface area contributed by atoms with Gasteiger partial charge in [-0.25, -0.2) is 10.9 Å². The van der Waals surface area contributed by atoms with E-state index in [0.717, 1.165) is 0 Å². The van der Waals surface area contributed by atoms with Crippen LogP contribution in [0, 0.1) is 0 Å². The molecule has 1 aromatic heterocycles. The fourth-order valence-electron chi connectivity index (χ4n) is 2.68. The molecule has 7 heteroatoms. The van der Waals surface area contributed by atoms with E-state index in [9.17, 15) is 9.59 Å². The zero-order chi connectivity index (χ0) is 21.3. The number of amides is 2. The van der Waals surface area contributed by atoms with Crippen molar-refractivity contribution < 1.29 is 9.59 Å². The third-order valence-corrected chi connectivity index (χ3v) is 4.26. The van der Waals surface area contributed by atoms with Crippen molar-refractivity contribution in [2.45, 2.75) is 13.8 Å². The average molecular weight is 399 g/mol. The number of hydrogen-bond donors (Lipinski definition) is 2. The summed E-state index contributed by atoms with van der Waals surface area (Å²) in [6.07, 6.45) is 1.63. The third-order valence-electron chi connectivity index (χ3n) is 4.26. The molecule has 150 valence electrons. The lowest BCUT2D eigenvalue weighted by Crippen LogP contribution is -2.21. The van der Waals surface area contributed by atoms with E-state index in [1.54, 1.807) is 74.6 Å². The normalized spacial score (nSPS) is 11.7. The summed E-state index contributed by atoms with van der Waals surface area (Å²) < 4.78 is 0. The number of benzene rings is 2. The van der Waals surface area contributed by atoms with Crippen molar-refractivity contribution in [3.8, 4) is 0 Å². The van der Waals surface area contributed by atoms with Crippen molar-refractivity contribution in [1.82, 2.24) is 15.8 Å². The van der Waals surface area contributed by atoms with Gasteiger partial charge in [-0.1, -0.05) is 36.4 Å². The Hall–Kier alpha value is -4.13. The molecule has 30 heavy (non-hydrogen) atoms. The van der Waals surface area contributed by atoms with Crippen molar-refractivity contribution in [2.24, 2.45) is 10.2 Å². The minimum absolute atomic E-state index is 0.305. The molecular formula is C23H21N5O2. The molecule has 0 saturated carbocycles. The number of rotatable bonds is 6. The first-order valence-electron chi connectivity index (χ1n) is 9.31. The second kappa shape index (κ2) is 9.88. The van der Waals surface area contributed by atoms with Gasteiger partial charge in [0.1, 0.15) is 0 Å². The van der Waals surface area contributed by atoms with Crippen LogP contribution in [0.3, 0.4) is 0 Å². The van der Waals surface area contributed by atoms with Gasteiger partial charge >= 0.3 is 0 Å². The van der Waals surface area contributed by atoms with Gasteiger partial charge in [-0.15, -0.1) is 0 Å². The second-order valence-electron chi connectivity index (χ2n) is 6.41. The number of aromatic nitrogens is 1. The first-order chi connectivity index (χ1) is 14.6. The summed E-state index contributed by atoms with van der Waals surface area (Å²) in [6.45, 7) is 3.51. The molecule has 7 nitrogen and oxygen atoms in total. The highest BCUT2D eigenvalue weighted by atomic mass is 16.2. The monoisotopic (exact) mass is 399 g/mol. The Balaban J connectivity index is 1.76. The number of hydrazone groups is 2. The first-order valence-corrected chi connectivity index (χ1v) is 9.31. The second-order valence-corrected chi connectivity index (χ2v) is 6.41. The summed E-state index contributed by atoms with van der Waals surface area (Å²) >= 11 is 0. The maximum absolute atomic E-state index is 12.2. The number of pyridine rings is 1. The molecule has 0 radical (unpaired) electrons. The molecule has 0 aliphatic heterocycles. The molecule has 0 bridgehead atoms. The largest absolute Gasteiger partial charge is 0.271 e. The molecule has 3 aromatic rings. The van der Waals surface area contributed by atoms with Crippen LogP contribution < -0.4 is 10.9 Å². The lowest BCUT2D eigenvalue weighted by atomic mass is 10.1. The zero-order valence-corrected chi connectivity index (χ0v) is 16.7. The molecule has 2 aromatic carbocycles. The summed E-state index contributed by atoms with van der Waals surface area (Å²) in [4.78, 5) is 28.8. The van der Waals surface area contributed by atoms with E-state index < -0.39 is 0 Å². The van der Waals surface area contributed by atoms with Crippen molar-refractivity contribution in [1.29, 1.82) is 0 Å². The van der Waals surface area contributed by atoms with E-state index in [-0.39, 0.29) is 11.8 Å². The fraction of sp³-hybridized carbons (Fsp3) is 0.0870. The summed E-state index contributed by atoms with van der Waals surface area (Å²) in [5.74, 6) is -0.617. The molecular weight excluding hydrogens is 378 g/mol. The molecule has 0 aliphatic rings. The van der Waals surface area contributed by atoms with E-state index in [1.807, 2.05) is 18.2 Å². The summed E-state index contributed by atoms with van der Waals surface area (Å²) in [6, 6.07) is 21.2. The Labute approximate surface area is 174 Å². The van der Waals surface area contributed by atoms with Crippen LogP contribution >= 0.6 is 0 Å². The molecule has 0 spiro atoms. The van der Waals surface area contributed by atoms with Crippen LogP contribution in [0.15, 0.2) is 89.2 Å². The first kappa shape index (κ1) is 20.6. The van der Waals surface area contributed by atoms with Gasteiger partial charge in [0.25, 0.3) is 11.8 Å². The number of carbonyl (C=O) groups is 2. The predicted molar refractivity (Wildman–Crippen MR) is 116 cm³/mol. The average Bonchev–Trinajstić information content (AvgIpc) is 2.81. The molecule has 0 atom stereocenters. The van der Waals surface area contributed by atoms with Crippen LogP contribution in [-0.4, -0.2) is 28.2 Å². The highest BCUT2D eigenvalue weighted by Gasteiger charge is 2.12. The fourth-order valence-corrected chi connectivity index (χ4v) is 2.68. The predicted octanol–water partition coefficient (Wildman–Crippen LogP) is 3.39. The van der Waals surface area contributed by atoms with Crippen LogP contribution in [0.5, 0.6) is 0 Å². The van der Waals surface area contributed by atoms with Gasteiger partial charge in [0.2, 0.25) is 0 Å². The van der Waals surface area contributed by atoms with E-state index >= 15 is 0 Å². The molecule has 0 aliphatic carbocycles. The highest BCUT2D eigenvalue weighted by molar-refractivity contribution is 6.10. The third kappa shape index (κ3) is 5.23. The SMILES string of the molecule is CC(=NNC(=O)c1ccccc1)c1cccnc1C(C)=NNC(=O)c1ccccc1. The zero-order valence-electron chi connectivity index (χ0n) is 16.7. The van der Waals surface area contributed by atoms with Crippen molar-refractivity contribution in [2.75, 3.05) is 0 Å². The van der Waals surface area contributed by atoms with Gasteiger partial charge in [0.15, 0.2) is 0 Å². The number of nitrogens with zero attached hydrogens (tertiary/aromatic N) is 3. The minimum atomic E-state index is -0.312. The van der Waals surface area contributed by atoms with Crippen LogP contribution in [0.1, 0.15) is 45.8 Å². The summed E-state index contributed by atoms with van der Waals surface area (Å²) in [5, 5.41) is 8.36. The van der Waals surface area contributed by atoms with Crippen LogP contribution in [0.25, 0.3) is 0 Å². The van der Waals surface area contributed by atoms with Gasteiger partial charge in [-0.05, 0) is 50.2 Å². The maximum Gasteiger partial charge on any atom is 0.271 e. The van der Waals surface area contributed by atoms with E-state index in [0.29, 0.717) is 33.8 Å². The molecule has 2 amide bonds. The number of hydrogen-bond acceptors (Lipinski definition) is 5. The molecule has 0 saturated heterocycles. The Morgan fingerprint density at radius 3 is 1.73 bits per heavy atom.